The van der Waals surface area contributed by atoms with Crippen molar-refractivity contribution in [1.82, 2.24) is 10.9 Å². The summed E-state index contributed by atoms with van der Waals surface area (Å²) in [6.45, 7) is 14.6. The van der Waals surface area contributed by atoms with Crippen LogP contribution in [0.3, 0.4) is 0 Å². The second kappa shape index (κ2) is 21.6. The first-order chi connectivity index (χ1) is 17.8. The molecule has 0 aliphatic carbocycles. The highest BCUT2D eigenvalue weighted by Gasteiger charge is 2.07. The van der Waals surface area contributed by atoms with Crippen LogP contribution >= 0.6 is 11.8 Å². The molecule has 2 N–H and O–H groups in total. The third kappa shape index (κ3) is 15.9. The van der Waals surface area contributed by atoms with Crippen molar-refractivity contribution in [3.05, 3.63) is 89.0 Å². The van der Waals surface area contributed by atoms with Crippen LogP contribution in [0, 0.1) is 0 Å². The normalized spacial score (nSPS) is 10.8. The van der Waals surface area contributed by atoms with Gasteiger partial charge in [-0.3, -0.25) is 30.2 Å². The van der Waals surface area contributed by atoms with Crippen LogP contribution < -0.4 is 10.9 Å². The second-order valence-corrected chi connectivity index (χ2v) is 8.71. The lowest BCUT2D eigenvalue weighted by Crippen LogP contribution is -2.41. The molecule has 2 aromatic rings. The summed E-state index contributed by atoms with van der Waals surface area (Å²) in [5, 5.41) is 0. The largest absolute Gasteiger partial charge is 0.468 e. The number of amides is 2. The van der Waals surface area contributed by atoms with Crippen LogP contribution in [0.4, 0.5) is 0 Å². The van der Waals surface area contributed by atoms with E-state index in [1.165, 1.54) is 34.3 Å². The zero-order valence-electron chi connectivity index (χ0n) is 22.5. The summed E-state index contributed by atoms with van der Waals surface area (Å²) in [6, 6.07) is 17.0. The number of carbonyl (C=O) groups is 3. The Labute approximate surface area is 225 Å². The number of allylic oxidation sites excluding steroid dienone is 2. The van der Waals surface area contributed by atoms with Gasteiger partial charge >= 0.3 is 0 Å². The van der Waals surface area contributed by atoms with Crippen LogP contribution in [0.2, 0.25) is 0 Å². The van der Waals surface area contributed by atoms with Gasteiger partial charge in [-0.15, -0.1) is 6.58 Å². The van der Waals surface area contributed by atoms with Gasteiger partial charge in [-0.1, -0.05) is 80.9 Å². The van der Waals surface area contributed by atoms with Crippen LogP contribution in [0.1, 0.15) is 69.8 Å². The molecule has 2 aromatic carbocycles. The summed E-state index contributed by atoms with van der Waals surface area (Å²) >= 11 is 1.80. The molecule has 0 fully saturated rings. The Morgan fingerprint density at radius 3 is 2.14 bits per heavy atom. The van der Waals surface area contributed by atoms with E-state index in [-0.39, 0.29) is 18.2 Å². The SMILES string of the molecule is C=CCC(=O)NNC(=O)c1ccccc1.CC1=C(C)Sc2ccccc2C=N1.CCCC.CCOC=O. The monoisotopic (exact) mass is 525 g/mol. The van der Waals surface area contributed by atoms with Gasteiger partial charge in [0.25, 0.3) is 12.4 Å². The molecule has 0 bridgehead atoms. The molecule has 37 heavy (non-hydrogen) atoms. The highest BCUT2D eigenvalue weighted by molar-refractivity contribution is 8.03. The number of thioether (sulfide) groups is 1. The number of rotatable bonds is 6. The van der Waals surface area contributed by atoms with Crippen molar-refractivity contribution < 1.29 is 19.1 Å². The van der Waals surface area contributed by atoms with Gasteiger partial charge in [0.2, 0.25) is 5.91 Å². The van der Waals surface area contributed by atoms with Crippen molar-refractivity contribution >= 4 is 36.3 Å². The number of nitrogens with one attached hydrogen (secondary N) is 2. The molecule has 0 saturated heterocycles. The van der Waals surface area contributed by atoms with Crippen LogP contribution in [0.25, 0.3) is 0 Å². The predicted octanol–water partition coefficient (Wildman–Crippen LogP) is 6.47. The lowest BCUT2D eigenvalue weighted by atomic mass is 10.2. The summed E-state index contributed by atoms with van der Waals surface area (Å²) in [7, 11) is 0. The van der Waals surface area contributed by atoms with Crippen molar-refractivity contribution in [2.24, 2.45) is 4.99 Å². The van der Waals surface area contributed by atoms with Crippen molar-refractivity contribution in [2.45, 2.75) is 58.8 Å². The van der Waals surface area contributed by atoms with Gasteiger partial charge in [0.15, 0.2) is 0 Å². The van der Waals surface area contributed by atoms with Gasteiger partial charge in [-0.2, -0.15) is 0 Å². The number of hydrogen-bond donors (Lipinski definition) is 2. The van der Waals surface area contributed by atoms with Gasteiger partial charge in [-0.05, 0) is 39.0 Å². The van der Waals surface area contributed by atoms with E-state index in [1.54, 1.807) is 43.0 Å². The summed E-state index contributed by atoms with van der Waals surface area (Å²) < 4.78 is 4.15. The first kappa shape index (κ1) is 33.4. The Morgan fingerprint density at radius 2 is 1.59 bits per heavy atom. The Morgan fingerprint density at radius 1 is 0.973 bits per heavy atom. The zero-order valence-corrected chi connectivity index (χ0v) is 23.3. The lowest BCUT2D eigenvalue weighted by Gasteiger charge is -2.05. The molecule has 0 atom stereocenters. The molecule has 7 nitrogen and oxygen atoms in total. The van der Waals surface area contributed by atoms with Crippen molar-refractivity contribution in [1.29, 1.82) is 0 Å². The maximum absolute atomic E-state index is 11.4. The maximum atomic E-state index is 11.4. The molecule has 1 aliphatic heterocycles. The zero-order chi connectivity index (χ0) is 27.9. The molecule has 0 aromatic heterocycles. The Bertz CT molecular complexity index is 1020. The van der Waals surface area contributed by atoms with E-state index in [1.807, 2.05) is 25.3 Å². The average Bonchev–Trinajstić information content (AvgIpc) is 3.07. The molecule has 200 valence electrons. The fourth-order valence-corrected chi connectivity index (χ4v) is 3.13. The average molecular weight is 526 g/mol. The number of aliphatic imine (C=N–C) groups is 1. The van der Waals surface area contributed by atoms with E-state index >= 15 is 0 Å². The number of ether oxygens (including phenoxy) is 1. The van der Waals surface area contributed by atoms with E-state index < -0.39 is 0 Å². The lowest BCUT2D eigenvalue weighted by molar-refractivity contribution is -0.128. The molecule has 8 heteroatoms. The van der Waals surface area contributed by atoms with Crippen molar-refractivity contribution in [3.63, 3.8) is 0 Å². The van der Waals surface area contributed by atoms with Gasteiger partial charge in [0.05, 0.1) is 6.61 Å². The molecule has 1 aliphatic rings. The molecular formula is C29H39N3O4S. The number of benzene rings is 2. The number of hydrogen-bond acceptors (Lipinski definition) is 6. The minimum atomic E-state index is -0.340. The van der Waals surface area contributed by atoms with Gasteiger partial charge < -0.3 is 4.74 Å². The topological polar surface area (TPSA) is 96.9 Å². The molecule has 0 spiro atoms. The highest BCUT2D eigenvalue weighted by atomic mass is 32.2. The number of nitrogens with zero attached hydrogens (tertiary/aromatic N) is 1. The molecular weight excluding hydrogens is 486 g/mol. The first-order valence-electron chi connectivity index (χ1n) is 12.1. The van der Waals surface area contributed by atoms with E-state index in [9.17, 15) is 14.4 Å². The first-order valence-corrected chi connectivity index (χ1v) is 12.9. The van der Waals surface area contributed by atoms with E-state index in [0.29, 0.717) is 18.6 Å². The van der Waals surface area contributed by atoms with Crippen LogP contribution in [-0.4, -0.2) is 31.1 Å². The third-order valence-electron chi connectivity index (χ3n) is 4.50. The Balaban J connectivity index is 0.000000533. The highest BCUT2D eigenvalue weighted by Crippen LogP contribution is 2.32. The smallest absolute Gasteiger partial charge is 0.293 e. The molecule has 3 rings (SSSR count). The van der Waals surface area contributed by atoms with E-state index in [4.69, 9.17) is 0 Å². The van der Waals surface area contributed by atoms with Gasteiger partial charge in [0.1, 0.15) is 0 Å². The quantitative estimate of drug-likeness (QED) is 0.256. The number of unbranched alkanes of at least 4 members (excludes halogenated alkanes) is 1. The standard InChI is InChI=1S/C11H12N2O2.C11H11NS.C4H10.C3H6O2/c1-2-6-10(14)12-13-11(15)9-7-4-3-5-8-9;1-8-9(2)13-11-6-4-3-5-10(11)7-12-8;1-3-4-2;1-2-5-3-4/h2-5,7-8H,1,6H2,(H,12,14)(H,13,15);3-7H,1-2H3;3-4H2,1-2H3;3H,2H2,1H3. The Hall–Kier alpha value is -3.65. The molecule has 1 heterocycles. The third-order valence-corrected chi connectivity index (χ3v) is 5.70. The van der Waals surface area contributed by atoms with Crippen LogP contribution in [0.5, 0.6) is 0 Å². The minimum absolute atomic E-state index is 0.176. The van der Waals surface area contributed by atoms with Gasteiger partial charge in [-0.25, -0.2) is 0 Å². The van der Waals surface area contributed by atoms with Crippen LogP contribution in [-0.2, 0) is 14.3 Å². The number of fused-ring (bicyclic) bond motifs is 1. The summed E-state index contributed by atoms with van der Waals surface area (Å²) in [5.74, 6) is -0.637. The van der Waals surface area contributed by atoms with Gasteiger partial charge in [0, 0.05) is 39.3 Å². The summed E-state index contributed by atoms with van der Waals surface area (Å²) in [5.41, 5.74) is 7.39. The molecule has 0 radical (unpaired) electrons. The fraction of sp³-hybridized carbons (Fsp3) is 0.310. The predicted molar refractivity (Wildman–Crippen MR) is 153 cm³/mol. The minimum Gasteiger partial charge on any atom is -0.468 e. The number of hydrazine groups is 1. The van der Waals surface area contributed by atoms with Crippen molar-refractivity contribution in [2.75, 3.05) is 6.61 Å². The number of carbonyl (C=O) groups excluding carboxylic acids is 3. The van der Waals surface area contributed by atoms with Crippen molar-refractivity contribution in [3.8, 4) is 0 Å². The second-order valence-electron chi connectivity index (χ2n) is 7.45. The van der Waals surface area contributed by atoms with E-state index in [2.05, 4.69) is 66.1 Å². The maximum Gasteiger partial charge on any atom is 0.293 e. The van der Waals surface area contributed by atoms with Crippen LogP contribution in [0.15, 0.2) is 87.7 Å². The summed E-state index contributed by atoms with van der Waals surface area (Å²) in [4.78, 5) is 38.5. The molecule has 0 saturated carbocycles. The Kier molecular flexibility index (Phi) is 19.5. The molecule has 2 amide bonds. The fourth-order valence-electron chi connectivity index (χ4n) is 2.21. The summed E-state index contributed by atoms with van der Waals surface area (Å²) in [6.07, 6.45) is 6.22. The van der Waals surface area contributed by atoms with E-state index in [0.717, 1.165) is 5.70 Å². The molecule has 0 unspecified atom stereocenters.